The van der Waals surface area contributed by atoms with Crippen molar-refractivity contribution in [1.82, 2.24) is 4.31 Å². The summed E-state index contributed by atoms with van der Waals surface area (Å²) in [4.78, 5) is 25.5. The van der Waals surface area contributed by atoms with Crippen LogP contribution in [0.15, 0.2) is 52.3 Å². The zero-order valence-corrected chi connectivity index (χ0v) is 18.4. The van der Waals surface area contributed by atoms with E-state index in [2.05, 4.69) is 5.32 Å². The molecule has 0 saturated carbocycles. The molecule has 1 amide bonds. The number of hydrogen-bond donors (Lipinski definition) is 1. The van der Waals surface area contributed by atoms with E-state index in [9.17, 15) is 18.0 Å². The molecular weight excluding hydrogens is 412 g/mol. The number of ether oxygens (including phenoxy) is 1. The van der Waals surface area contributed by atoms with Crippen molar-refractivity contribution in [3.05, 3.63) is 53.6 Å². The van der Waals surface area contributed by atoms with Gasteiger partial charge in [-0.1, -0.05) is 6.07 Å². The SMILES string of the molecule is CCOC(=O)c1cccc(NC(=O)CN(C)S(=O)(=O)c2ccc(SC)cc2)c1C. The number of hydrogen-bond acceptors (Lipinski definition) is 6. The van der Waals surface area contributed by atoms with E-state index in [4.69, 9.17) is 4.74 Å². The highest BCUT2D eigenvalue weighted by molar-refractivity contribution is 7.98. The van der Waals surface area contributed by atoms with Gasteiger partial charge in [-0.05, 0) is 62.1 Å². The summed E-state index contributed by atoms with van der Waals surface area (Å²) in [6.07, 6.45) is 1.90. The van der Waals surface area contributed by atoms with Crippen molar-refractivity contribution < 1.29 is 22.7 Å². The molecule has 9 heteroatoms. The summed E-state index contributed by atoms with van der Waals surface area (Å²) in [5, 5.41) is 2.66. The third kappa shape index (κ3) is 5.59. The van der Waals surface area contributed by atoms with Crippen molar-refractivity contribution in [3.8, 4) is 0 Å². The van der Waals surface area contributed by atoms with Gasteiger partial charge >= 0.3 is 5.97 Å². The predicted octanol–water partition coefficient (Wildman–Crippen LogP) is 3.15. The van der Waals surface area contributed by atoms with Crippen molar-refractivity contribution in [3.63, 3.8) is 0 Å². The molecule has 29 heavy (non-hydrogen) atoms. The van der Waals surface area contributed by atoms with E-state index >= 15 is 0 Å². The van der Waals surface area contributed by atoms with Gasteiger partial charge in [0.1, 0.15) is 0 Å². The zero-order chi connectivity index (χ0) is 21.6. The molecule has 0 fully saturated rings. The molecule has 0 atom stereocenters. The van der Waals surface area contributed by atoms with Gasteiger partial charge in [0.15, 0.2) is 0 Å². The van der Waals surface area contributed by atoms with Gasteiger partial charge in [0.2, 0.25) is 15.9 Å². The van der Waals surface area contributed by atoms with Crippen molar-refractivity contribution in [2.45, 2.75) is 23.6 Å². The zero-order valence-electron chi connectivity index (χ0n) is 16.8. The van der Waals surface area contributed by atoms with Crippen LogP contribution in [0.25, 0.3) is 0 Å². The van der Waals surface area contributed by atoms with Gasteiger partial charge in [-0.2, -0.15) is 4.31 Å². The lowest BCUT2D eigenvalue weighted by Crippen LogP contribution is -2.35. The second-order valence-electron chi connectivity index (χ2n) is 6.18. The fraction of sp³-hybridized carbons (Fsp3) is 0.300. The lowest BCUT2D eigenvalue weighted by atomic mass is 10.1. The van der Waals surface area contributed by atoms with E-state index in [1.165, 1.54) is 30.9 Å². The number of amides is 1. The van der Waals surface area contributed by atoms with Crippen LogP contribution in [0, 0.1) is 6.92 Å². The first-order chi connectivity index (χ1) is 13.7. The summed E-state index contributed by atoms with van der Waals surface area (Å²) in [5.41, 5.74) is 1.33. The second-order valence-corrected chi connectivity index (χ2v) is 9.11. The molecule has 156 valence electrons. The lowest BCUT2D eigenvalue weighted by Gasteiger charge is -2.18. The normalized spacial score (nSPS) is 11.3. The number of likely N-dealkylation sites (N-methyl/N-ethyl adjacent to an activating group) is 1. The summed E-state index contributed by atoms with van der Waals surface area (Å²) >= 11 is 1.51. The molecule has 7 nitrogen and oxygen atoms in total. The Morgan fingerprint density at radius 3 is 2.38 bits per heavy atom. The first kappa shape index (κ1) is 22.9. The molecule has 2 aromatic rings. The largest absolute Gasteiger partial charge is 0.462 e. The Morgan fingerprint density at radius 1 is 1.14 bits per heavy atom. The van der Waals surface area contributed by atoms with Gasteiger partial charge in [-0.15, -0.1) is 11.8 Å². The number of nitrogens with one attached hydrogen (secondary N) is 1. The predicted molar refractivity (Wildman–Crippen MR) is 114 cm³/mol. The van der Waals surface area contributed by atoms with Gasteiger partial charge < -0.3 is 10.1 Å². The number of thioether (sulfide) groups is 1. The average molecular weight is 437 g/mol. The van der Waals surface area contributed by atoms with E-state index in [0.717, 1.165) is 9.20 Å². The number of rotatable bonds is 8. The summed E-state index contributed by atoms with van der Waals surface area (Å²) < 4.78 is 31.3. The van der Waals surface area contributed by atoms with Crippen LogP contribution in [0.1, 0.15) is 22.8 Å². The van der Waals surface area contributed by atoms with Crippen LogP contribution in [-0.2, 0) is 19.6 Å². The maximum Gasteiger partial charge on any atom is 0.338 e. The third-order valence-corrected chi connectivity index (χ3v) is 6.80. The fourth-order valence-electron chi connectivity index (χ4n) is 2.61. The van der Waals surface area contributed by atoms with Crippen LogP contribution in [0.2, 0.25) is 0 Å². The minimum atomic E-state index is -3.80. The Bertz CT molecular complexity index is 988. The molecule has 2 rings (SSSR count). The molecule has 0 bridgehead atoms. The van der Waals surface area contributed by atoms with Crippen LogP contribution >= 0.6 is 11.8 Å². The minimum Gasteiger partial charge on any atom is -0.462 e. The molecule has 0 radical (unpaired) electrons. The molecule has 2 aromatic carbocycles. The second kappa shape index (κ2) is 9.91. The fourth-order valence-corrected chi connectivity index (χ4v) is 4.14. The number of carbonyl (C=O) groups is 2. The van der Waals surface area contributed by atoms with Gasteiger partial charge in [0.05, 0.1) is 23.6 Å². The lowest BCUT2D eigenvalue weighted by molar-refractivity contribution is -0.116. The van der Waals surface area contributed by atoms with Gasteiger partial charge in [0, 0.05) is 17.6 Å². The Kier molecular flexibility index (Phi) is 7.83. The first-order valence-electron chi connectivity index (χ1n) is 8.87. The molecule has 0 saturated heterocycles. The highest BCUT2D eigenvalue weighted by Gasteiger charge is 2.23. The van der Waals surface area contributed by atoms with E-state index in [-0.39, 0.29) is 18.0 Å². The maximum absolute atomic E-state index is 12.7. The summed E-state index contributed by atoms with van der Waals surface area (Å²) in [6, 6.07) is 11.3. The maximum atomic E-state index is 12.7. The van der Waals surface area contributed by atoms with Crippen molar-refractivity contribution in [2.24, 2.45) is 0 Å². The average Bonchev–Trinajstić information content (AvgIpc) is 2.69. The number of carbonyl (C=O) groups excluding carboxylic acids is 2. The molecule has 0 unspecified atom stereocenters. The van der Waals surface area contributed by atoms with E-state index < -0.39 is 21.9 Å². The number of benzene rings is 2. The number of sulfonamides is 1. The summed E-state index contributed by atoms with van der Waals surface area (Å²) in [7, 11) is -2.45. The van der Waals surface area contributed by atoms with E-state index in [1.807, 2.05) is 6.26 Å². The van der Waals surface area contributed by atoms with Gasteiger partial charge in [-0.25, -0.2) is 13.2 Å². The van der Waals surface area contributed by atoms with Crippen LogP contribution in [-0.4, -0.2) is 51.1 Å². The molecule has 0 aliphatic heterocycles. The van der Waals surface area contributed by atoms with Crippen molar-refractivity contribution in [2.75, 3.05) is 31.8 Å². The van der Waals surface area contributed by atoms with Crippen molar-refractivity contribution >= 4 is 39.3 Å². The molecule has 1 N–H and O–H groups in total. The minimum absolute atomic E-state index is 0.117. The van der Waals surface area contributed by atoms with Crippen molar-refractivity contribution in [1.29, 1.82) is 0 Å². The number of anilines is 1. The standard InChI is InChI=1S/C20H24N2O5S2/c1-5-27-20(24)17-7-6-8-18(14(17)2)21-19(23)13-22(3)29(25,26)16-11-9-15(28-4)10-12-16/h6-12H,5,13H2,1-4H3,(H,21,23). The summed E-state index contributed by atoms with van der Waals surface area (Å²) in [6.45, 7) is 3.28. The number of nitrogens with zero attached hydrogens (tertiary/aromatic N) is 1. The molecular formula is C20H24N2O5S2. The number of esters is 1. The van der Waals surface area contributed by atoms with E-state index in [0.29, 0.717) is 16.8 Å². The van der Waals surface area contributed by atoms with Gasteiger partial charge in [-0.3, -0.25) is 4.79 Å². The Morgan fingerprint density at radius 2 is 1.79 bits per heavy atom. The Balaban J connectivity index is 2.12. The quantitative estimate of drug-likeness (QED) is 0.505. The molecule has 0 aliphatic carbocycles. The van der Waals surface area contributed by atoms with Crippen LogP contribution in [0.4, 0.5) is 5.69 Å². The monoisotopic (exact) mass is 436 g/mol. The highest BCUT2D eigenvalue weighted by atomic mass is 32.2. The molecule has 0 heterocycles. The van der Waals surface area contributed by atoms with Crippen LogP contribution in [0.3, 0.4) is 0 Å². The van der Waals surface area contributed by atoms with Gasteiger partial charge in [0.25, 0.3) is 0 Å². The molecule has 0 aromatic heterocycles. The third-order valence-electron chi connectivity index (χ3n) is 4.24. The van der Waals surface area contributed by atoms with Crippen LogP contribution in [0.5, 0.6) is 0 Å². The van der Waals surface area contributed by atoms with E-state index in [1.54, 1.807) is 44.2 Å². The smallest absolute Gasteiger partial charge is 0.338 e. The topological polar surface area (TPSA) is 92.8 Å². The molecule has 0 aliphatic rings. The summed E-state index contributed by atoms with van der Waals surface area (Å²) in [5.74, 6) is -0.990. The van der Waals surface area contributed by atoms with Crippen LogP contribution < -0.4 is 5.32 Å². The first-order valence-corrected chi connectivity index (χ1v) is 11.5. The molecule has 0 spiro atoms. The highest BCUT2D eigenvalue weighted by Crippen LogP contribution is 2.21. The Labute approximate surface area is 175 Å². The Hall–Kier alpha value is -2.36.